The number of pyridine rings is 1. The summed E-state index contributed by atoms with van der Waals surface area (Å²) in [6, 6.07) is 11.9. The van der Waals surface area contributed by atoms with Crippen LogP contribution >= 0.6 is 0 Å². The molecule has 2 aromatic heterocycles. The molecule has 3 aromatic rings. The lowest BCUT2D eigenvalue weighted by atomic mass is 9.78. The summed E-state index contributed by atoms with van der Waals surface area (Å²) < 4.78 is 6.20. The Hall–Kier alpha value is -2.70. The van der Waals surface area contributed by atoms with Crippen LogP contribution in [-0.2, 0) is 16.9 Å². The maximum atomic E-state index is 12.6. The highest BCUT2D eigenvalue weighted by Crippen LogP contribution is 2.36. The molecule has 6 heteroatoms. The number of aromatic nitrogens is 1. The molecule has 4 rings (SSSR count). The van der Waals surface area contributed by atoms with Crippen molar-refractivity contribution in [2.45, 2.75) is 59.6 Å². The van der Waals surface area contributed by atoms with E-state index in [-0.39, 0.29) is 18.4 Å². The Bertz CT molecular complexity index is 1150. The van der Waals surface area contributed by atoms with Gasteiger partial charge in [-0.1, -0.05) is 38.5 Å². The van der Waals surface area contributed by atoms with Gasteiger partial charge in [0.1, 0.15) is 16.9 Å². The van der Waals surface area contributed by atoms with Crippen molar-refractivity contribution in [3.63, 3.8) is 0 Å². The number of hydrogen-bond acceptors (Lipinski definition) is 5. The standard InChI is InChI=1S/C28H37N3O3/c1-19-11-12-23-22(15-19)20(2)24(34-23)17-31-14-8-9-21(16-31)28(33,25-10-6-7-13-29-25)18-30-26(32)27(3,4)5/h6-7,10-13,15,21,33H,8-9,14,16-18H2,1-5H3,(H,30,32)/t21-,28+/m1/s1. The maximum Gasteiger partial charge on any atom is 0.225 e. The first-order chi connectivity index (χ1) is 16.1. The Morgan fingerprint density at radius 3 is 2.74 bits per heavy atom. The monoisotopic (exact) mass is 463 g/mol. The largest absolute Gasteiger partial charge is 0.459 e. The van der Waals surface area contributed by atoms with Crippen molar-refractivity contribution in [2.24, 2.45) is 11.3 Å². The normalized spacial score (nSPS) is 19.2. The third kappa shape index (κ3) is 5.03. The molecule has 0 spiro atoms. The van der Waals surface area contributed by atoms with Gasteiger partial charge in [0.15, 0.2) is 0 Å². The van der Waals surface area contributed by atoms with E-state index in [9.17, 15) is 9.90 Å². The first-order valence-electron chi connectivity index (χ1n) is 12.2. The second kappa shape index (κ2) is 9.51. The number of nitrogens with one attached hydrogen (secondary N) is 1. The lowest BCUT2D eigenvalue weighted by Crippen LogP contribution is -2.53. The molecule has 0 unspecified atom stereocenters. The smallest absolute Gasteiger partial charge is 0.225 e. The summed E-state index contributed by atoms with van der Waals surface area (Å²) in [4.78, 5) is 19.5. The molecule has 0 aliphatic carbocycles. The maximum absolute atomic E-state index is 12.6. The number of aliphatic hydroxyl groups is 1. The number of benzene rings is 1. The van der Waals surface area contributed by atoms with E-state index in [0.29, 0.717) is 18.8 Å². The number of aryl methyl sites for hydroxylation is 2. The zero-order chi connectivity index (χ0) is 24.5. The van der Waals surface area contributed by atoms with Crippen LogP contribution in [0.3, 0.4) is 0 Å². The van der Waals surface area contributed by atoms with Gasteiger partial charge in [-0.2, -0.15) is 0 Å². The molecule has 34 heavy (non-hydrogen) atoms. The van der Waals surface area contributed by atoms with Crippen molar-refractivity contribution in [1.29, 1.82) is 0 Å². The van der Waals surface area contributed by atoms with E-state index in [1.54, 1.807) is 6.20 Å². The summed E-state index contributed by atoms with van der Waals surface area (Å²) in [5.41, 5.74) is 2.15. The number of piperidine rings is 1. The Labute approximate surface area is 202 Å². The van der Waals surface area contributed by atoms with E-state index in [1.807, 2.05) is 45.0 Å². The Kier molecular flexibility index (Phi) is 6.83. The summed E-state index contributed by atoms with van der Waals surface area (Å²) in [7, 11) is 0. The van der Waals surface area contributed by atoms with Crippen molar-refractivity contribution in [3.8, 4) is 0 Å². The first kappa shape index (κ1) is 24.4. The van der Waals surface area contributed by atoms with Gasteiger partial charge in [-0.05, 0) is 63.1 Å². The Morgan fingerprint density at radius 2 is 2.03 bits per heavy atom. The summed E-state index contributed by atoms with van der Waals surface area (Å²) >= 11 is 0. The number of rotatable bonds is 6. The van der Waals surface area contributed by atoms with Crippen LogP contribution in [0.15, 0.2) is 47.0 Å². The van der Waals surface area contributed by atoms with E-state index in [2.05, 4.69) is 41.2 Å². The van der Waals surface area contributed by atoms with Crippen LogP contribution in [-0.4, -0.2) is 40.5 Å². The van der Waals surface area contributed by atoms with Gasteiger partial charge in [0.2, 0.25) is 5.91 Å². The number of fused-ring (bicyclic) bond motifs is 1. The summed E-state index contributed by atoms with van der Waals surface area (Å²) in [5.74, 6) is 0.828. The van der Waals surface area contributed by atoms with Gasteiger partial charge in [0.25, 0.3) is 0 Å². The van der Waals surface area contributed by atoms with E-state index in [0.717, 1.165) is 30.7 Å². The van der Waals surface area contributed by atoms with Crippen LogP contribution < -0.4 is 5.32 Å². The van der Waals surface area contributed by atoms with Crippen LogP contribution in [0.2, 0.25) is 0 Å². The highest BCUT2D eigenvalue weighted by molar-refractivity contribution is 5.82. The van der Waals surface area contributed by atoms with Crippen LogP contribution in [0.4, 0.5) is 0 Å². The average molecular weight is 464 g/mol. The predicted octanol–water partition coefficient (Wildman–Crippen LogP) is 4.71. The Balaban J connectivity index is 1.56. The molecule has 0 radical (unpaired) electrons. The van der Waals surface area contributed by atoms with E-state index in [4.69, 9.17) is 4.42 Å². The minimum Gasteiger partial charge on any atom is -0.459 e. The first-order valence-corrected chi connectivity index (χ1v) is 12.2. The third-order valence-corrected chi connectivity index (χ3v) is 7.05. The minimum atomic E-state index is -1.25. The number of amides is 1. The summed E-state index contributed by atoms with van der Waals surface area (Å²) in [5, 5.41) is 16.1. The van der Waals surface area contributed by atoms with E-state index in [1.165, 1.54) is 16.5 Å². The molecule has 1 aliphatic heterocycles. The molecule has 1 amide bonds. The van der Waals surface area contributed by atoms with Crippen LogP contribution in [0.5, 0.6) is 0 Å². The van der Waals surface area contributed by atoms with Gasteiger partial charge in [-0.15, -0.1) is 0 Å². The number of nitrogens with zero attached hydrogens (tertiary/aromatic N) is 2. The fraction of sp³-hybridized carbons (Fsp3) is 0.500. The van der Waals surface area contributed by atoms with Crippen LogP contribution in [0.25, 0.3) is 11.0 Å². The van der Waals surface area contributed by atoms with Crippen molar-refractivity contribution in [2.75, 3.05) is 19.6 Å². The fourth-order valence-corrected chi connectivity index (χ4v) is 4.87. The number of carbonyl (C=O) groups excluding carboxylic acids is 1. The van der Waals surface area contributed by atoms with Crippen molar-refractivity contribution < 1.29 is 14.3 Å². The van der Waals surface area contributed by atoms with Gasteiger partial charge >= 0.3 is 0 Å². The second-order valence-corrected chi connectivity index (χ2v) is 10.8. The predicted molar refractivity (Wildman–Crippen MR) is 134 cm³/mol. The third-order valence-electron chi connectivity index (χ3n) is 7.05. The lowest BCUT2D eigenvalue weighted by Gasteiger charge is -2.42. The lowest BCUT2D eigenvalue weighted by molar-refractivity contribution is -0.131. The quantitative estimate of drug-likeness (QED) is 0.554. The second-order valence-electron chi connectivity index (χ2n) is 10.8. The van der Waals surface area contributed by atoms with Crippen LogP contribution in [0.1, 0.15) is 56.2 Å². The number of furan rings is 1. The average Bonchev–Trinajstić information content (AvgIpc) is 3.12. The SMILES string of the molecule is Cc1ccc2oc(CN3CCC[C@@H]([C@@](O)(CNC(=O)C(C)(C)C)c4ccccn4)C3)c(C)c2c1. The fourth-order valence-electron chi connectivity index (χ4n) is 4.87. The molecule has 1 aromatic carbocycles. The molecule has 1 fully saturated rings. The molecule has 2 N–H and O–H groups in total. The zero-order valence-corrected chi connectivity index (χ0v) is 21.0. The van der Waals surface area contributed by atoms with Crippen molar-refractivity contribution >= 4 is 16.9 Å². The topological polar surface area (TPSA) is 78.6 Å². The Morgan fingerprint density at radius 1 is 1.24 bits per heavy atom. The molecule has 0 saturated carbocycles. The highest BCUT2D eigenvalue weighted by Gasteiger charge is 2.42. The van der Waals surface area contributed by atoms with E-state index < -0.39 is 11.0 Å². The summed E-state index contributed by atoms with van der Waals surface area (Å²) in [6.45, 7) is 12.3. The minimum absolute atomic E-state index is 0.0663. The summed E-state index contributed by atoms with van der Waals surface area (Å²) in [6.07, 6.45) is 3.53. The zero-order valence-electron chi connectivity index (χ0n) is 21.0. The number of likely N-dealkylation sites (tertiary alicyclic amines) is 1. The molecular formula is C28H37N3O3. The molecule has 182 valence electrons. The molecule has 3 heterocycles. The molecular weight excluding hydrogens is 426 g/mol. The number of carbonyl (C=O) groups is 1. The molecule has 0 bridgehead atoms. The van der Waals surface area contributed by atoms with Gasteiger partial charge < -0.3 is 14.8 Å². The molecule has 2 atom stereocenters. The van der Waals surface area contributed by atoms with Gasteiger partial charge in [0, 0.05) is 29.5 Å². The van der Waals surface area contributed by atoms with Crippen LogP contribution in [0, 0.1) is 25.2 Å². The highest BCUT2D eigenvalue weighted by atomic mass is 16.3. The van der Waals surface area contributed by atoms with Crippen molar-refractivity contribution in [1.82, 2.24) is 15.2 Å². The molecule has 1 saturated heterocycles. The molecule has 6 nitrogen and oxygen atoms in total. The van der Waals surface area contributed by atoms with Gasteiger partial charge in [-0.3, -0.25) is 14.7 Å². The van der Waals surface area contributed by atoms with Gasteiger partial charge in [0.05, 0.1) is 18.8 Å². The van der Waals surface area contributed by atoms with Crippen molar-refractivity contribution in [3.05, 3.63) is 65.2 Å². The van der Waals surface area contributed by atoms with E-state index >= 15 is 0 Å². The van der Waals surface area contributed by atoms with Gasteiger partial charge in [-0.25, -0.2) is 0 Å². The molecule has 1 aliphatic rings. The number of hydrogen-bond donors (Lipinski definition) is 2.